The summed E-state index contributed by atoms with van der Waals surface area (Å²) in [5.41, 5.74) is 3.45. The van der Waals surface area contributed by atoms with E-state index in [9.17, 15) is 0 Å². The number of likely N-dealkylation sites (tertiary alicyclic amines) is 1. The number of fused-ring (bicyclic) bond motifs is 1. The molecule has 0 radical (unpaired) electrons. The molecule has 1 aliphatic rings. The van der Waals surface area contributed by atoms with Gasteiger partial charge in [-0.25, -0.2) is 0 Å². The van der Waals surface area contributed by atoms with Gasteiger partial charge in [0.2, 0.25) is 0 Å². The summed E-state index contributed by atoms with van der Waals surface area (Å²) in [6.45, 7) is 8.22. The first kappa shape index (κ1) is 14.5. The molecular weight excluding hydrogens is 260 g/mol. The minimum Gasteiger partial charge on any atom is -0.373 e. The number of aromatic nitrogens is 1. The molecule has 1 fully saturated rings. The first-order valence-electron chi connectivity index (χ1n) is 7.93. The van der Waals surface area contributed by atoms with Crippen LogP contribution >= 0.6 is 0 Å². The molecule has 0 bridgehead atoms. The van der Waals surface area contributed by atoms with Crippen molar-refractivity contribution >= 4 is 10.9 Å². The van der Waals surface area contributed by atoms with Crippen molar-refractivity contribution in [1.82, 2.24) is 9.88 Å². The van der Waals surface area contributed by atoms with Crippen LogP contribution in [0.3, 0.4) is 0 Å². The molecule has 21 heavy (non-hydrogen) atoms. The number of benzene rings is 1. The molecule has 0 saturated carbocycles. The zero-order chi connectivity index (χ0) is 14.7. The molecule has 2 heterocycles. The Balaban J connectivity index is 1.74. The average molecular weight is 284 g/mol. The lowest BCUT2D eigenvalue weighted by Crippen LogP contribution is -2.18. The topological polar surface area (TPSA) is 25.4 Å². The van der Waals surface area contributed by atoms with Crippen LogP contribution in [0.5, 0.6) is 0 Å². The van der Waals surface area contributed by atoms with Crippen molar-refractivity contribution < 1.29 is 4.74 Å². The van der Waals surface area contributed by atoms with E-state index in [1.165, 1.54) is 36.9 Å². The van der Waals surface area contributed by atoms with Crippen LogP contribution in [0.25, 0.3) is 10.9 Å². The lowest BCUT2D eigenvalue weighted by Gasteiger charge is -2.15. The van der Waals surface area contributed by atoms with Crippen molar-refractivity contribution in [1.29, 1.82) is 0 Å². The molecule has 0 atom stereocenters. The zero-order valence-electron chi connectivity index (χ0n) is 13.0. The van der Waals surface area contributed by atoms with Crippen LogP contribution in [0.1, 0.15) is 37.9 Å². The molecule has 0 spiro atoms. The van der Waals surface area contributed by atoms with Crippen molar-refractivity contribution in [2.45, 2.75) is 45.9 Å². The maximum absolute atomic E-state index is 5.62. The van der Waals surface area contributed by atoms with Gasteiger partial charge in [0.15, 0.2) is 0 Å². The van der Waals surface area contributed by atoms with Gasteiger partial charge in [0.1, 0.15) is 0 Å². The van der Waals surface area contributed by atoms with Crippen molar-refractivity contribution in [3.05, 3.63) is 41.6 Å². The predicted molar refractivity (Wildman–Crippen MR) is 86.2 cm³/mol. The fourth-order valence-corrected chi connectivity index (χ4v) is 2.85. The predicted octanol–water partition coefficient (Wildman–Crippen LogP) is 3.76. The van der Waals surface area contributed by atoms with Gasteiger partial charge in [-0.3, -0.25) is 9.88 Å². The minimum absolute atomic E-state index is 0.241. The van der Waals surface area contributed by atoms with Crippen LogP contribution in [-0.4, -0.2) is 29.1 Å². The number of ether oxygens (including phenoxy) is 1. The molecule has 2 aromatic rings. The second-order valence-corrected chi connectivity index (χ2v) is 6.17. The van der Waals surface area contributed by atoms with Gasteiger partial charge in [-0.15, -0.1) is 0 Å². The smallest absolute Gasteiger partial charge is 0.0891 e. The Kier molecular flexibility index (Phi) is 4.51. The second-order valence-electron chi connectivity index (χ2n) is 6.17. The first-order chi connectivity index (χ1) is 10.2. The van der Waals surface area contributed by atoms with Gasteiger partial charge in [-0.05, 0) is 63.5 Å². The lowest BCUT2D eigenvalue weighted by atomic mass is 10.1. The number of rotatable bonds is 5. The standard InChI is InChI=1S/C18H24N2O/c1-14(2)21-13-17-7-6-16-11-15(5-8-18(16)19-17)12-20-9-3-4-10-20/h5-8,11,14H,3-4,9-10,12-13H2,1-2H3. The van der Waals surface area contributed by atoms with E-state index in [-0.39, 0.29) is 6.10 Å². The van der Waals surface area contributed by atoms with Gasteiger partial charge in [-0.1, -0.05) is 12.1 Å². The number of nitrogens with zero attached hydrogens (tertiary/aromatic N) is 2. The van der Waals surface area contributed by atoms with E-state index in [1.807, 2.05) is 13.8 Å². The van der Waals surface area contributed by atoms with Gasteiger partial charge < -0.3 is 4.74 Å². The highest BCUT2D eigenvalue weighted by atomic mass is 16.5. The second kappa shape index (κ2) is 6.54. The summed E-state index contributed by atoms with van der Waals surface area (Å²) in [5, 5.41) is 1.22. The molecule has 0 amide bonds. The molecule has 1 aliphatic heterocycles. The molecule has 3 rings (SSSR count). The molecule has 112 valence electrons. The normalized spacial score (nSPS) is 16.1. The molecule has 0 aliphatic carbocycles. The van der Waals surface area contributed by atoms with E-state index in [2.05, 4.69) is 40.2 Å². The average Bonchev–Trinajstić information content (AvgIpc) is 2.98. The summed E-state index contributed by atoms with van der Waals surface area (Å²) >= 11 is 0. The highest BCUT2D eigenvalue weighted by Gasteiger charge is 2.12. The maximum Gasteiger partial charge on any atom is 0.0891 e. The number of hydrogen-bond donors (Lipinski definition) is 0. The Morgan fingerprint density at radius 3 is 2.71 bits per heavy atom. The summed E-state index contributed by atoms with van der Waals surface area (Å²) < 4.78 is 5.62. The van der Waals surface area contributed by atoms with E-state index in [1.54, 1.807) is 0 Å². The monoisotopic (exact) mass is 284 g/mol. The van der Waals surface area contributed by atoms with Crippen molar-refractivity contribution in [3.8, 4) is 0 Å². The summed E-state index contributed by atoms with van der Waals surface area (Å²) in [4.78, 5) is 7.21. The van der Waals surface area contributed by atoms with E-state index in [0.29, 0.717) is 6.61 Å². The van der Waals surface area contributed by atoms with Gasteiger partial charge >= 0.3 is 0 Å². The van der Waals surface area contributed by atoms with Crippen LogP contribution in [0.4, 0.5) is 0 Å². The Labute approximate surface area is 126 Å². The highest BCUT2D eigenvalue weighted by molar-refractivity contribution is 5.79. The van der Waals surface area contributed by atoms with Crippen LogP contribution < -0.4 is 0 Å². The Morgan fingerprint density at radius 1 is 1.14 bits per heavy atom. The van der Waals surface area contributed by atoms with Gasteiger partial charge in [0, 0.05) is 11.9 Å². The number of hydrogen-bond acceptors (Lipinski definition) is 3. The van der Waals surface area contributed by atoms with Crippen molar-refractivity contribution in [2.75, 3.05) is 13.1 Å². The molecule has 0 N–H and O–H groups in total. The van der Waals surface area contributed by atoms with Crippen LogP contribution in [0.15, 0.2) is 30.3 Å². The fraction of sp³-hybridized carbons (Fsp3) is 0.500. The lowest BCUT2D eigenvalue weighted by molar-refractivity contribution is 0.0637. The Morgan fingerprint density at radius 2 is 1.95 bits per heavy atom. The summed E-state index contributed by atoms with van der Waals surface area (Å²) in [6.07, 6.45) is 2.92. The summed E-state index contributed by atoms with van der Waals surface area (Å²) in [5.74, 6) is 0. The molecule has 3 nitrogen and oxygen atoms in total. The van der Waals surface area contributed by atoms with Crippen LogP contribution in [0, 0.1) is 0 Å². The third kappa shape index (κ3) is 3.80. The van der Waals surface area contributed by atoms with Gasteiger partial charge in [0.25, 0.3) is 0 Å². The maximum atomic E-state index is 5.62. The molecule has 3 heteroatoms. The van der Waals surface area contributed by atoms with E-state index < -0.39 is 0 Å². The summed E-state index contributed by atoms with van der Waals surface area (Å²) in [7, 11) is 0. The largest absolute Gasteiger partial charge is 0.373 e. The van der Waals surface area contributed by atoms with Crippen molar-refractivity contribution in [3.63, 3.8) is 0 Å². The van der Waals surface area contributed by atoms with Crippen LogP contribution in [0.2, 0.25) is 0 Å². The van der Waals surface area contributed by atoms with Gasteiger partial charge in [0.05, 0.1) is 23.9 Å². The molecule has 0 unspecified atom stereocenters. The highest BCUT2D eigenvalue weighted by Crippen LogP contribution is 2.18. The zero-order valence-corrected chi connectivity index (χ0v) is 13.0. The van der Waals surface area contributed by atoms with E-state index in [4.69, 9.17) is 4.74 Å². The van der Waals surface area contributed by atoms with Crippen molar-refractivity contribution in [2.24, 2.45) is 0 Å². The molecular formula is C18H24N2O. The Hall–Kier alpha value is -1.45. The summed E-state index contributed by atoms with van der Waals surface area (Å²) in [6, 6.07) is 10.9. The van der Waals surface area contributed by atoms with Crippen LogP contribution in [-0.2, 0) is 17.9 Å². The quantitative estimate of drug-likeness (QED) is 0.836. The minimum atomic E-state index is 0.241. The fourth-order valence-electron chi connectivity index (χ4n) is 2.85. The van der Waals surface area contributed by atoms with E-state index in [0.717, 1.165) is 17.8 Å². The third-order valence-electron chi connectivity index (χ3n) is 3.98. The van der Waals surface area contributed by atoms with Gasteiger partial charge in [-0.2, -0.15) is 0 Å². The third-order valence-corrected chi connectivity index (χ3v) is 3.98. The molecule has 1 aromatic carbocycles. The number of pyridine rings is 1. The first-order valence-corrected chi connectivity index (χ1v) is 7.93. The van der Waals surface area contributed by atoms with E-state index >= 15 is 0 Å². The molecule has 1 saturated heterocycles. The molecule has 1 aromatic heterocycles. The Bertz CT molecular complexity index is 603. The SMILES string of the molecule is CC(C)OCc1ccc2cc(CN3CCCC3)ccc2n1.